The summed E-state index contributed by atoms with van der Waals surface area (Å²) >= 11 is 0. The lowest BCUT2D eigenvalue weighted by Gasteiger charge is -2.15. The molecule has 126 valence electrons. The van der Waals surface area contributed by atoms with Crippen molar-refractivity contribution >= 4 is 10.1 Å². The molecule has 1 rings (SSSR count). The molecule has 1 aromatic carbocycles. The van der Waals surface area contributed by atoms with Gasteiger partial charge in [0, 0.05) is 12.5 Å². The second kappa shape index (κ2) is 9.94. The summed E-state index contributed by atoms with van der Waals surface area (Å²) in [7, 11) is -3.37. The largest absolute Gasteiger partial charge is 0.381 e. The van der Waals surface area contributed by atoms with Crippen LogP contribution < -0.4 is 0 Å². The fourth-order valence-corrected chi connectivity index (χ4v) is 2.20. The molecule has 0 radical (unpaired) electrons. The van der Waals surface area contributed by atoms with Crippen molar-refractivity contribution in [1.82, 2.24) is 0 Å². The van der Waals surface area contributed by atoms with Crippen molar-refractivity contribution in [1.29, 1.82) is 0 Å². The number of ether oxygens (including phenoxy) is 2. The Morgan fingerprint density at radius 3 is 2.41 bits per heavy atom. The van der Waals surface area contributed by atoms with Gasteiger partial charge in [-0.15, -0.1) is 0 Å². The Bertz CT molecular complexity index is 501. The predicted octanol–water partition coefficient (Wildman–Crippen LogP) is 2.61. The third-order valence-corrected chi connectivity index (χ3v) is 3.58. The summed E-state index contributed by atoms with van der Waals surface area (Å²) in [6, 6.07) is 10.0. The van der Waals surface area contributed by atoms with E-state index in [4.69, 9.17) is 13.7 Å². The Labute approximate surface area is 133 Å². The molecule has 0 saturated carbocycles. The van der Waals surface area contributed by atoms with Crippen molar-refractivity contribution in [3.8, 4) is 0 Å². The highest BCUT2D eigenvalue weighted by atomic mass is 32.2. The molecular weight excluding hydrogens is 304 g/mol. The Kier molecular flexibility index (Phi) is 8.63. The maximum Gasteiger partial charge on any atom is 0.264 e. The van der Waals surface area contributed by atoms with Gasteiger partial charge in [0.05, 0.1) is 32.2 Å². The van der Waals surface area contributed by atoms with Gasteiger partial charge in [-0.25, -0.2) is 0 Å². The highest BCUT2D eigenvalue weighted by Crippen LogP contribution is 2.06. The average Bonchev–Trinajstić information content (AvgIpc) is 2.48. The van der Waals surface area contributed by atoms with Crippen molar-refractivity contribution in [3.05, 3.63) is 35.9 Å². The van der Waals surface area contributed by atoms with Gasteiger partial charge in [0.2, 0.25) is 0 Å². The van der Waals surface area contributed by atoms with E-state index in [1.54, 1.807) is 0 Å². The van der Waals surface area contributed by atoms with Crippen LogP contribution in [0.25, 0.3) is 0 Å². The minimum Gasteiger partial charge on any atom is -0.381 e. The van der Waals surface area contributed by atoms with Gasteiger partial charge in [0.1, 0.15) is 0 Å². The van der Waals surface area contributed by atoms with E-state index < -0.39 is 10.1 Å². The molecule has 0 fully saturated rings. The molecule has 0 amide bonds. The first-order valence-corrected chi connectivity index (χ1v) is 9.26. The molecular formula is C16H26O5S. The summed E-state index contributed by atoms with van der Waals surface area (Å²) in [6.07, 6.45) is 1.96. The number of hydrogen-bond acceptors (Lipinski definition) is 5. The van der Waals surface area contributed by atoms with Crippen LogP contribution in [0.3, 0.4) is 0 Å². The summed E-state index contributed by atoms with van der Waals surface area (Å²) in [5.41, 5.74) is 1.15. The molecule has 0 aromatic heterocycles. The molecule has 0 heterocycles. The smallest absolute Gasteiger partial charge is 0.264 e. The van der Waals surface area contributed by atoms with Crippen LogP contribution in [0.2, 0.25) is 0 Å². The fourth-order valence-electron chi connectivity index (χ4n) is 1.72. The van der Waals surface area contributed by atoms with Gasteiger partial charge in [-0.3, -0.25) is 4.18 Å². The zero-order valence-electron chi connectivity index (χ0n) is 13.5. The first-order chi connectivity index (χ1) is 10.4. The van der Waals surface area contributed by atoms with Crippen LogP contribution in [0.15, 0.2) is 30.3 Å². The minimum absolute atomic E-state index is 0.0373. The van der Waals surface area contributed by atoms with Crippen LogP contribution in [0.5, 0.6) is 0 Å². The van der Waals surface area contributed by atoms with Crippen molar-refractivity contribution in [2.75, 3.05) is 26.1 Å². The van der Waals surface area contributed by atoms with E-state index in [1.165, 1.54) is 0 Å². The first-order valence-electron chi connectivity index (χ1n) is 7.44. The predicted molar refractivity (Wildman–Crippen MR) is 86.1 cm³/mol. The quantitative estimate of drug-likeness (QED) is 0.461. The molecule has 5 nitrogen and oxygen atoms in total. The topological polar surface area (TPSA) is 61.8 Å². The first kappa shape index (κ1) is 19.1. The lowest BCUT2D eigenvalue weighted by molar-refractivity contribution is 0.0143. The van der Waals surface area contributed by atoms with Crippen molar-refractivity contribution in [2.24, 2.45) is 5.92 Å². The van der Waals surface area contributed by atoms with E-state index in [0.29, 0.717) is 19.8 Å². The third-order valence-electron chi connectivity index (χ3n) is 3.02. The Balaban J connectivity index is 2.06. The lowest BCUT2D eigenvalue weighted by atomic mass is 10.2. The molecule has 0 aliphatic heterocycles. The van der Waals surface area contributed by atoms with E-state index >= 15 is 0 Å². The van der Waals surface area contributed by atoms with Crippen LogP contribution in [0.4, 0.5) is 0 Å². The molecule has 0 unspecified atom stereocenters. The van der Waals surface area contributed by atoms with E-state index in [0.717, 1.165) is 18.2 Å². The molecule has 0 N–H and O–H groups in total. The summed E-state index contributed by atoms with van der Waals surface area (Å²) in [5.74, 6) is 0.0373. The average molecular weight is 330 g/mol. The maximum absolute atomic E-state index is 10.9. The molecule has 0 aliphatic rings. The van der Waals surface area contributed by atoms with Crippen molar-refractivity contribution in [3.63, 3.8) is 0 Å². The zero-order valence-corrected chi connectivity index (χ0v) is 14.3. The number of rotatable bonds is 11. The van der Waals surface area contributed by atoms with Gasteiger partial charge in [-0.1, -0.05) is 37.3 Å². The molecule has 22 heavy (non-hydrogen) atoms. The van der Waals surface area contributed by atoms with Gasteiger partial charge in [-0.2, -0.15) is 8.42 Å². The number of hydrogen-bond donors (Lipinski definition) is 0. The Morgan fingerprint density at radius 2 is 1.77 bits per heavy atom. The molecule has 0 bridgehead atoms. The SMILES string of the molecule is C[C@@H](COCC[C@@H](C)OCc1ccccc1)COS(C)(=O)=O. The highest BCUT2D eigenvalue weighted by Gasteiger charge is 2.09. The van der Waals surface area contributed by atoms with Crippen LogP contribution in [-0.4, -0.2) is 40.6 Å². The van der Waals surface area contributed by atoms with Gasteiger partial charge in [-0.05, 0) is 18.9 Å². The number of benzene rings is 1. The molecule has 0 spiro atoms. The van der Waals surface area contributed by atoms with E-state index in [2.05, 4.69) is 0 Å². The molecule has 2 atom stereocenters. The van der Waals surface area contributed by atoms with Crippen LogP contribution in [0, 0.1) is 5.92 Å². The third kappa shape index (κ3) is 9.89. The monoisotopic (exact) mass is 330 g/mol. The summed E-state index contributed by atoms with van der Waals surface area (Å²) in [6.45, 7) is 5.71. The van der Waals surface area contributed by atoms with Gasteiger partial charge < -0.3 is 9.47 Å². The van der Waals surface area contributed by atoms with E-state index in [-0.39, 0.29) is 18.6 Å². The normalized spacial score (nSPS) is 14.7. The standard InChI is InChI=1S/C16H26O5S/c1-14(12-21-22(3,17)18)11-19-10-9-15(2)20-13-16-7-5-4-6-8-16/h4-8,14-15H,9-13H2,1-3H3/t14-,15+/m0/s1. The Morgan fingerprint density at radius 1 is 1.09 bits per heavy atom. The van der Waals surface area contributed by atoms with Crippen molar-refractivity contribution < 1.29 is 22.1 Å². The van der Waals surface area contributed by atoms with E-state index in [9.17, 15) is 8.42 Å². The summed E-state index contributed by atoms with van der Waals surface area (Å²) < 4.78 is 37.7. The van der Waals surface area contributed by atoms with Crippen molar-refractivity contribution in [2.45, 2.75) is 33.0 Å². The zero-order chi connectivity index (χ0) is 16.4. The summed E-state index contributed by atoms with van der Waals surface area (Å²) in [4.78, 5) is 0. The fraction of sp³-hybridized carbons (Fsp3) is 0.625. The van der Waals surface area contributed by atoms with Crippen LogP contribution >= 0.6 is 0 Å². The van der Waals surface area contributed by atoms with Gasteiger partial charge in [0.15, 0.2) is 0 Å². The molecule has 1 aromatic rings. The van der Waals surface area contributed by atoms with Gasteiger partial charge in [0.25, 0.3) is 10.1 Å². The Hall–Kier alpha value is -0.950. The molecule has 6 heteroatoms. The van der Waals surface area contributed by atoms with Crippen LogP contribution in [0.1, 0.15) is 25.8 Å². The second-order valence-corrected chi connectivity index (χ2v) is 7.21. The second-order valence-electron chi connectivity index (χ2n) is 5.56. The van der Waals surface area contributed by atoms with Crippen LogP contribution in [-0.2, 0) is 30.4 Å². The minimum atomic E-state index is -3.37. The molecule has 0 saturated heterocycles. The van der Waals surface area contributed by atoms with Gasteiger partial charge >= 0.3 is 0 Å². The maximum atomic E-state index is 10.9. The van der Waals surface area contributed by atoms with E-state index in [1.807, 2.05) is 44.2 Å². The summed E-state index contributed by atoms with van der Waals surface area (Å²) in [5, 5.41) is 0. The lowest BCUT2D eigenvalue weighted by Crippen LogP contribution is -2.18. The molecule has 0 aliphatic carbocycles. The highest BCUT2D eigenvalue weighted by molar-refractivity contribution is 7.85.